The van der Waals surface area contributed by atoms with E-state index >= 15 is 0 Å². The normalized spacial score (nSPS) is 8.43. The van der Waals surface area contributed by atoms with Crippen LogP contribution in [0.4, 0.5) is 0 Å². The molecule has 0 saturated heterocycles. The van der Waals surface area contributed by atoms with E-state index in [0.29, 0.717) is 0 Å². The first-order valence-corrected chi connectivity index (χ1v) is 2.19. The van der Waals surface area contributed by atoms with Gasteiger partial charge in [0, 0.05) is 0 Å². The van der Waals surface area contributed by atoms with Gasteiger partial charge >= 0.3 is 41.7 Å². The summed E-state index contributed by atoms with van der Waals surface area (Å²) in [6, 6.07) is 0. The summed E-state index contributed by atoms with van der Waals surface area (Å²) in [5.41, 5.74) is 0. The third-order valence-electron chi connectivity index (χ3n) is 0. The minimum Gasteiger partial charge on any atom is -0.870 e. The standard InChI is InChI=1S/Ce.H3O4P.H2O/c;1-5(2,3)4;/h;(H3,1,2,3,4);1H2/q+4;;/p-4. The zero-order chi connectivity index (χ0) is 4.50. The van der Waals surface area contributed by atoms with Crippen LogP contribution in [0.25, 0.3) is 0 Å². The summed E-state index contributed by atoms with van der Waals surface area (Å²) in [5, 5.41) is 0. The Balaban J connectivity index is -0.0000000800. The summed E-state index contributed by atoms with van der Waals surface area (Å²) in [7, 11) is -5.39. The summed E-state index contributed by atoms with van der Waals surface area (Å²) >= 11 is 0. The fourth-order valence-electron chi connectivity index (χ4n) is 0. The zero-order valence-electron chi connectivity index (χ0n) is 3.03. The van der Waals surface area contributed by atoms with E-state index < -0.39 is 7.82 Å². The van der Waals surface area contributed by atoms with Crippen molar-refractivity contribution in [1.82, 2.24) is 0 Å². The Hall–Kier alpha value is 1.45. The Kier molecular flexibility index (Phi) is 12.6. The van der Waals surface area contributed by atoms with Gasteiger partial charge in [0.1, 0.15) is 0 Å². The molecule has 7 heteroatoms. The molecule has 1 N–H and O–H groups in total. The van der Waals surface area contributed by atoms with Crippen LogP contribution in [0.5, 0.6) is 0 Å². The maximum Gasteiger partial charge on any atom is 4.00 e. The molecule has 0 heterocycles. The minimum atomic E-state index is -5.39. The molecule has 0 atom stereocenters. The van der Waals surface area contributed by atoms with Crippen LogP contribution in [0.2, 0.25) is 0 Å². The molecule has 0 aliphatic carbocycles. The Morgan fingerprint density at radius 3 is 1.14 bits per heavy atom. The van der Waals surface area contributed by atoms with Gasteiger partial charge in [0.05, 0.1) is 0 Å². The number of phosphoric acid groups is 1. The van der Waals surface area contributed by atoms with E-state index in [0.717, 1.165) is 0 Å². The molecule has 7 heavy (non-hydrogen) atoms. The van der Waals surface area contributed by atoms with E-state index in [1.807, 2.05) is 0 Å². The van der Waals surface area contributed by atoms with Crippen LogP contribution in [0, 0.1) is 41.7 Å². The first-order valence-electron chi connectivity index (χ1n) is 0.730. The van der Waals surface area contributed by atoms with Crippen molar-refractivity contribution >= 4 is 7.82 Å². The van der Waals surface area contributed by atoms with Gasteiger partial charge in [-0.1, -0.05) is 0 Å². The molecule has 0 spiro atoms. The summed E-state index contributed by atoms with van der Waals surface area (Å²) in [4.78, 5) is 25.6. The summed E-state index contributed by atoms with van der Waals surface area (Å²) in [5.74, 6) is 0. The second-order valence-electron chi connectivity index (χ2n) is 0.447. The van der Waals surface area contributed by atoms with Gasteiger partial charge in [0.2, 0.25) is 0 Å². The van der Waals surface area contributed by atoms with Gasteiger partial charge in [0.25, 0.3) is 0 Å². The molecule has 0 fully saturated rings. The maximum atomic E-state index is 8.55. The SMILES string of the molecule is O=P([O-])([O-])[O-].[Ce+4].[OH-]. The monoisotopic (exact) mass is 252 g/mol. The van der Waals surface area contributed by atoms with Crippen molar-refractivity contribution < 1.29 is 66.5 Å². The van der Waals surface area contributed by atoms with Gasteiger partial charge in [0.15, 0.2) is 0 Å². The first-order chi connectivity index (χ1) is 2.00. The van der Waals surface area contributed by atoms with E-state index in [1.165, 1.54) is 0 Å². The van der Waals surface area contributed by atoms with Crippen LogP contribution in [-0.2, 0) is 4.57 Å². The van der Waals surface area contributed by atoms with E-state index in [9.17, 15) is 0 Å². The van der Waals surface area contributed by atoms with Crippen molar-refractivity contribution in [3.63, 3.8) is 0 Å². The number of rotatable bonds is 0. The van der Waals surface area contributed by atoms with Crippen LogP contribution in [0.15, 0.2) is 0 Å². The maximum absolute atomic E-state index is 8.55. The molecule has 0 aliphatic heterocycles. The molecular weight excluding hydrogens is 251 g/mol. The predicted molar refractivity (Wildman–Crippen MR) is 9.54 cm³/mol. The topological polar surface area (TPSA) is 116 Å². The van der Waals surface area contributed by atoms with E-state index in [2.05, 4.69) is 0 Å². The Morgan fingerprint density at radius 1 is 1.14 bits per heavy atom. The van der Waals surface area contributed by atoms with Crippen LogP contribution in [0.1, 0.15) is 0 Å². The fraction of sp³-hybridized carbons (Fsp3) is 0. The predicted octanol–water partition coefficient (Wildman–Crippen LogP) is -3.00. The molecule has 0 radical (unpaired) electrons. The van der Waals surface area contributed by atoms with Crippen LogP contribution in [-0.4, -0.2) is 5.48 Å². The van der Waals surface area contributed by atoms with Crippen LogP contribution in [0.3, 0.4) is 0 Å². The molecule has 0 unspecified atom stereocenters. The van der Waals surface area contributed by atoms with Gasteiger partial charge in [-0.15, -0.1) is 0 Å². The molecule has 0 aliphatic rings. The average Bonchev–Trinajstić information content (AvgIpc) is 0.722. The number of hydrogen-bond donors (Lipinski definition) is 0. The Bertz CT molecular complexity index is 54.2. The smallest absolute Gasteiger partial charge is 0.870 e. The van der Waals surface area contributed by atoms with Crippen LogP contribution < -0.4 is 14.7 Å². The van der Waals surface area contributed by atoms with Crippen LogP contribution >= 0.6 is 7.82 Å². The van der Waals surface area contributed by atoms with Gasteiger partial charge in [-0.25, -0.2) is 0 Å². The van der Waals surface area contributed by atoms with Crippen molar-refractivity contribution in [3.05, 3.63) is 0 Å². The largest absolute Gasteiger partial charge is 4.00 e. The molecule has 40 valence electrons. The van der Waals surface area contributed by atoms with E-state index in [4.69, 9.17) is 19.2 Å². The van der Waals surface area contributed by atoms with E-state index in [-0.39, 0.29) is 47.2 Å². The Morgan fingerprint density at radius 2 is 1.14 bits per heavy atom. The molecule has 0 amide bonds. The second kappa shape index (κ2) is 5.58. The number of hydrogen-bond acceptors (Lipinski definition) is 5. The fourth-order valence-corrected chi connectivity index (χ4v) is 0. The van der Waals surface area contributed by atoms with Crippen molar-refractivity contribution in [2.24, 2.45) is 0 Å². The average molecular weight is 252 g/mol. The van der Waals surface area contributed by atoms with Crippen molar-refractivity contribution in [1.29, 1.82) is 0 Å². The molecule has 0 aromatic heterocycles. The molecule has 0 bridgehead atoms. The molecule has 0 aromatic carbocycles. The molecule has 5 nitrogen and oxygen atoms in total. The summed E-state index contributed by atoms with van der Waals surface area (Å²) < 4.78 is 8.55. The molecule has 0 rings (SSSR count). The van der Waals surface area contributed by atoms with Crippen molar-refractivity contribution in [3.8, 4) is 0 Å². The molecular formula is HCeO5P. The summed E-state index contributed by atoms with van der Waals surface area (Å²) in [6.45, 7) is 0. The summed E-state index contributed by atoms with van der Waals surface area (Å²) in [6.07, 6.45) is 0. The zero-order valence-corrected chi connectivity index (χ0v) is 7.06. The quantitative estimate of drug-likeness (QED) is 0.426. The van der Waals surface area contributed by atoms with Gasteiger partial charge in [-0.2, -0.15) is 7.82 Å². The first kappa shape index (κ1) is 15.8. The third kappa shape index (κ3) is 106. The Labute approximate surface area is 73.7 Å². The molecule has 0 aromatic rings. The van der Waals surface area contributed by atoms with Crippen molar-refractivity contribution in [2.75, 3.05) is 0 Å². The van der Waals surface area contributed by atoms with Gasteiger partial charge in [-0.3, -0.25) is 0 Å². The van der Waals surface area contributed by atoms with E-state index in [1.54, 1.807) is 0 Å². The van der Waals surface area contributed by atoms with Gasteiger partial charge in [-0.05, 0) is 0 Å². The molecule has 0 saturated carbocycles. The minimum absolute atomic E-state index is 0. The van der Waals surface area contributed by atoms with Gasteiger partial charge < -0.3 is 24.7 Å². The second-order valence-corrected chi connectivity index (χ2v) is 1.34. The van der Waals surface area contributed by atoms with Crippen molar-refractivity contribution in [2.45, 2.75) is 0 Å². The third-order valence-corrected chi connectivity index (χ3v) is 0.